The maximum atomic E-state index is 8.84. The number of aromatic nitrogens is 3. The lowest BCUT2D eigenvalue weighted by Gasteiger charge is -1.99. The van der Waals surface area contributed by atoms with Gasteiger partial charge in [-0.05, 0) is 0 Å². The zero-order chi connectivity index (χ0) is 9.80. The highest BCUT2D eigenvalue weighted by Crippen LogP contribution is 2.12. The van der Waals surface area contributed by atoms with Crippen LogP contribution in [0.25, 0.3) is 11.4 Å². The number of benzene rings is 1. The molecule has 0 aliphatic carbocycles. The molecule has 2 aromatic rings. The van der Waals surface area contributed by atoms with Crippen LogP contribution in [0.3, 0.4) is 0 Å². The van der Waals surface area contributed by atoms with Crippen molar-refractivity contribution < 1.29 is 5.11 Å². The Hall–Kier alpha value is -1.81. The Kier molecular flexibility index (Phi) is 2.46. The molecular weight excluding hydrogens is 178 g/mol. The summed E-state index contributed by atoms with van der Waals surface area (Å²) in [6, 6.07) is 9.51. The first-order valence-corrected chi connectivity index (χ1v) is 4.17. The fraction of sp³-hybridized carbons (Fsp3) is 0.100. The van der Waals surface area contributed by atoms with E-state index in [0.717, 1.165) is 5.56 Å². The molecule has 69 valence electrons. The van der Waals surface area contributed by atoms with Crippen LogP contribution in [-0.2, 0) is 6.61 Å². The zero-order valence-electron chi connectivity index (χ0n) is 7.38. The Bertz CT molecular complexity index is 417. The van der Waals surface area contributed by atoms with Crippen molar-refractivity contribution in [2.45, 2.75) is 6.61 Å². The molecule has 0 spiro atoms. The van der Waals surface area contributed by atoms with Crippen LogP contribution in [-0.4, -0.2) is 20.1 Å². The predicted molar refractivity (Wildman–Crippen MR) is 50.0 cm³/mol. The lowest BCUT2D eigenvalue weighted by Crippen LogP contribution is -1.98. The minimum absolute atomic E-state index is 0.196. The van der Waals surface area contributed by atoms with Gasteiger partial charge in [-0.15, -0.1) is 0 Å². The van der Waals surface area contributed by atoms with Crippen molar-refractivity contribution in [2.75, 3.05) is 0 Å². The van der Waals surface area contributed by atoms with Crippen molar-refractivity contribution in [1.29, 1.82) is 0 Å². The summed E-state index contributed by atoms with van der Waals surface area (Å²) in [6.45, 7) is -0.196. The second-order valence-corrected chi connectivity index (χ2v) is 2.70. The van der Waals surface area contributed by atoms with E-state index in [9.17, 15) is 0 Å². The van der Waals surface area contributed by atoms with Crippen molar-refractivity contribution in [1.82, 2.24) is 15.0 Å². The molecule has 1 radical (unpaired) electrons. The van der Waals surface area contributed by atoms with Gasteiger partial charge in [-0.2, -0.15) is 0 Å². The normalized spacial score (nSPS) is 10.1. The van der Waals surface area contributed by atoms with E-state index in [1.807, 2.05) is 30.3 Å². The van der Waals surface area contributed by atoms with Crippen LogP contribution in [0, 0.1) is 6.33 Å². The Labute approximate surface area is 81.3 Å². The molecule has 14 heavy (non-hydrogen) atoms. The molecule has 0 saturated heterocycles. The summed E-state index contributed by atoms with van der Waals surface area (Å²) in [4.78, 5) is 11.6. The van der Waals surface area contributed by atoms with Crippen molar-refractivity contribution in [3.63, 3.8) is 0 Å². The second-order valence-electron chi connectivity index (χ2n) is 2.70. The number of aliphatic hydroxyl groups is 1. The van der Waals surface area contributed by atoms with E-state index in [1.54, 1.807) is 0 Å². The molecule has 2 rings (SSSR count). The SMILES string of the molecule is OCc1n[c]nc(-c2ccccc2)n1. The maximum Gasteiger partial charge on any atom is 0.201 e. The minimum atomic E-state index is -0.196. The topological polar surface area (TPSA) is 58.9 Å². The van der Waals surface area contributed by atoms with E-state index >= 15 is 0 Å². The molecule has 0 fully saturated rings. The first kappa shape index (κ1) is 8.77. The highest BCUT2D eigenvalue weighted by molar-refractivity contribution is 5.53. The van der Waals surface area contributed by atoms with Gasteiger partial charge in [-0.3, -0.25) is 0 Å². The van der Waals surface area contributed by atoms with Gasteiger partial charge in [0, 0.05) is 5.56 Å². The van der Waals surface area contributed by atoms with Crippen LogP contribution in [0.1, 0.15) is 5.82 Å². The molecular formula is C10H8N3O. The Morgan fingerprint density at radius 3 is 2.64 bits per heavy atom. The Morgan fingerprint density at radius 2 is 1.93 bits per heavy atom. The molecule has 4 heteroatoms. The van der Waals surface area contributed by atoms with E-state index in [0.29, 0.717) is 11.6 Å². The molecule has 1 heterocycles. The van der Waals surface area contributed by atoms with Crippen molar-refractivity contribution >= 4 is 0 Å². The first-order valence-electron chi connectivity index (χ1n) is 4.17. The van der Waals surface area contributed by atoms with Gasteiger partial charge in [0.1, 0.15) is 6.61 Å². The molecule has 0 amide bonds. The summed E-state index contributed by atoms with van der Waals surface area (Å²) in [5, 5.41) is 8.84. The number of hydrogen-bond donors (Lipinski definition) is 1. The lowest BCUT2D eigenvalue weighted by atomic mass is 10.2. The van der Waals surface area contributed by atoms with Gasteiger partial charge >= 0.3 is 0 Å². The Balaban J connectivity index is 2.42. The highest BCUT2D eigenvalue weighted by Gasteiger charge is 2.01. The molecule has 0 aliphatic heterocycles. The van der Waals surface area contributed by atoms with E-state index in [4.69, 9.17) is 5.11 Å². The number of rotatable bonds is 2. The predicted octanol–water partition coefficient (Wildman–Crippen LogP) is 0.831. The molecule has 0 atom stereocenters. The molecule has 0 unspecified atom stereocenters. The van der Waals surface area contributed by atoms with Gasteiger partial charge in [0.2, 0.25) is 6.33 Å². The lowest BCUT2D eigenvalue weighted by molar-refractivity contribution is 0.271. The van der Waals surface area contributed by atoms with Crippen molar-refractivity contribution in [3.8, 4) is 11.4 Å². The van der Waals surface area contributed by atoms with E-state index < -0.39 is 0 Å². The van der Waals surface area contributed by atoms with E-state index in [1.165, 1.54) is 0 Å². The number of hydrogen-bond acceptors (Lipinski definition) is 4. The van der Waals surface area contributed by atoms with Gasteiger partial charge in [0.15, 0.2) is 11.6 Å². The summed E-state index contributed by atoms with van der Waals surface area (Å²) >= 11 is 0. The second kappa shape index (κ2) is 3.93. The molecule has 0 aliphatic rings. The first-order chi connectivity index (χ1) is 6.90. The third-order valence-electron chi connectivity index (χ3n) is 1.74. The van der Waals surface area contributed by atoms with Gasteiger partial charge in [-0.25, -0.2) is 15.0 Å². The van der Waals surface area contributed by atoms with Gasteiger partial charge in [0.05, 0.1) is 0 Å². The molecule has 0 saturated carbocycles. The standard InChI is InChI=1S/C10H8N3O/c14-6-9-11-7-12-10(13-9)8-4-2-1-3-5-8/h1-5,14H,6H2. The molecule has 1 N–H and O–H groups in total. The summed E-state index contributed by atoms with van der Waals surface area (Å²) in [5.74, 6) is 0.864. The maximum absolute atomic E-state index is 8.84. The number of aliphatic hydroxyl groups excluding tert-OH is 1. The summed E-state index contributed by atoms with van der Waals surface area (Å²) in [7, 11) is 0. The highest BCUT2D eigenvalue weighted by atomic mass is 16.3. The van der Waals surface area contributed by atoms with Gasteiger partial charge < -0.3 is 5.11 Å². The van der Waals surface area contributed by atoms with Gasteiger partial charge in [-0.1, -0.05) is 30.3 Å². The van der Waals surface area contributed by atoms with Crippen LogP contribution < -0.4 is 0 Å². The van der Waals surface area contributed by atoms with Crippen molar-refractivity contribution in [2.24, 2.45) is 0 Å². The summed E-state index contributed by atoms with van der Waals surface area (Å²) < 4.78 is 0. The van der Waals surface area contributed by atoms with Crippen LogP contribution >= 0.6 is 0 Å². The smallest absolute Gasteiger partial charge is 0.201 e. The van der Waals surface area contributed by atoms with Gasteiger partial charge in [0.25, 0.3) is 0 Å². The van der Waals surface area contributed by atoms with Crippen LogP contribution in [0.2, 0.25) is 0 Å². The monoisotopic (exact) mass is 186 g/mol. The molecule has 1 aromatic carbocycles. The van der Waals surface area contributed by atoms with E-state index in [-0.39, 0.29) is 6.61 Å². The average Bonchev–Trinajstić information content (AvgIpc) is 2.30. The summed E-state index contributed by atoms with van der Waals surface area (Å²) in [5.41, 5.74) is 0.890. The van der Waals surface area contributed by atoms with Crippen LogP contribution in [0.15, 0.2) is 30.3 Å². The third kappa shape index (κ3) is 1.75. The minimum Gasteiger partial charge on any atom is -0.388 e. The fourth-order valence-corrected chi connectivity index (χ4v) is 1.09. The molecule has 0 bridgehead atoms. The van der Waals surface area contributed by atoms with Crippen molar-refractivity contribution in [3.05, 3.63) is 42.5 Å². The van der Waals surface area contributed by atoms with Crippen LogP contribution in [0.4, 0.5) is 0 Å². The molecule has 1 aromatic heterocycles. The largest absolute Gasteiger partial charge is 0.388 e. The fourth-order valence-electron chi connectivity index (χ4n) is 1.09. The number of nitrogens with zero attached hydrogens (tertiary/aromatic N) is 3. The molecule has 4 nitrogen and oxygen atoms in total. The summed E-state index contributed by atoms with van der Waals surface area (Å²) in [6.07, 6.45) is 2.46. The zero-order valence-corrected chi connectivity index (χ0v) is 7.38. The average molecular weight is 186 g/mol. The van der Waals surface area contributed by atoms with Crippen LogP contribution in [0.5, 0.6) is 0 Å². The quantitative estimate of drug-likeness (QED) is 0.754. The van der Waals surface area contributed by atoms with E-state index in [2.05, 4.69) is 21.3 Å². The third-order valence-corrected chi connectivity index (χ3v) is 1.74. The Morgan fingerprint density at radius 1 is 1.14 bits per heavy atom.